The molecule has 1 N–H and O–H groups in total. The van der Waals surface area contributed by atoms with Crippen LogP contribution in [0.25, 0.3) is 0 Å². The van der Waals surface area contributed by atoms with E-state index in [0.29, 0.717) is 12.0 Å². The molecule has 0 saturated carbocycles. The standard InChI is InChI=1S/C15H23N3O2/c1-3-8-17-9-7-13(11-16-2)15(17)12-5-4-6-14(10-12)18(19)20/h4-6,10,13,15-16H,3,7-9,11H2,1-2H3. The predicted molar refractivity (Wildman–Crippen MR) is 79.7 cm³/mol. The van der Waals surface area contributed by atoms with Crippen LogP contribution in [0.15, 0.2) is 24.3 Å². The topological polar surface area (TPSA) is 58.4 Å². The highest BCUT2D eigenvalue weighted by molar-refractivity contribution is 5.36. The number of hydrogen-bond acceptors (Lipinski definition) is 4. The molecular weight excluding hydrogens is 254 g/mol. The zero-order chi connectivity index (χ0) is 14.5. The summed E-state index contributed by atoms with van der Waals surface area (Å²) in [6.07, 6.45) is 2.26. The number of nitrogens with zero attached hydrogens (tertiary/aromatic N) is 2. The summed E-state index contributed by atoms with van der Waals surface area (Å²) in [6, 6.07) is 7.42. The molecule has 1 aromatic carbocycles. The molecule has 110 valence electrons. The fourth-order valence-corrected chi connectivity index (χ4v) is 3.25. The molecule has 2 atom stereocenters. The lowest BCUT2D eigenvalue weighted by atomic mass is 9.93. The fourth-order valence-electron chi connectivity index (χ4n) is 3.25. The average molecular weight is 277 g/mol. The average Bonchev–Trinajstić information content (AvgIpc) is 2.83. The molecule has 0 bridgehead atoms. The number of nitrogens with one attached hydrogen (secondary N) is 1. The Morgan fingerprint density at radius 3 is 2.95 bits per heavy atom. The van der Waals surface area contributed by atoms with Crippen LogP contribution in [-0.2, 0) is 0 Å². The number of benzene rings is 1. The molecule has 0 aromatic heterocycles. The Labute approximate surface area is 120 Å². The van der Waals surface area contributed by atoms with E-state index in [4.69, 9.17) is 0 Å². The molecule has 2 unspecified atom stereocenters. The van der Waals surface area contributed by atoms with Crippen LogP contribution in [0.5, 0.6) is 0 Å². The van der Waals surface area contributed by atoms with E-state index in [9.17, 15) is 10.1 Å². The predicted octanol–water partition coefficient (Wildman–Crippen LogP) is 2.59. The summed E-state index contributed by atoms with van der Waals surface area (Å²) in [5, 5.41) is 14.2. The van der Waals surface area contributed by atoms with E-state index in [1.54, 1.807) is 18.2 Å². The fraction of sp³-hybridized carbons (Fsp3) is 0.600. The molecule has 0 radical (unpaired) electrons. The summed E-state index contributed by atoms with van der Waals surface area (Å²) in [5.74, 6) is 0.522. The third kappa shape index (κ3) is 3.16. The second-order valence-corrected chi connectivity index (χ2v) is 5.44. The van der Waals surface area contributed by atoms with Gasteiger partial charge in [0, 0.05) is 18.2 Å². The van der Waals surface area contributed by atoms with Crippen LogP contribution in [-0.4, -0.2) is 36.5 Å². The van der Waals surface area contributed by atoms with E-state index in [1.165, 1.54) is 0 Å². The van der Waals surface area contributed by atoms with Gasteiger partial charge in [-0.05, 0) is 51.0 Å². The van der Waals surface area contributed by atoms with Crippen LogP contribution < -0.4 is 5.32 Å². The van der Waals surface area contributed by atoms with Crippen molar-refractivity contribution in [2.45, 2.75) is 25.8 Å². The van der Waals surface area contributed by atoms with Crippen LogP contribution in [0.3, 0.4) is 0 Å². The monoisotopic (exact) mass is 277 g/mol. The summed E-state index contributed by atoms with van der Waals surface area (Å²) < 4.78 is 0. The number of nitro groups is 1. The first kappa shape index (κ1) is 14.9. The van der Waals surface area contributed by atoms with Gasteiger partial charge in [-0.25, -0.2) is 0 Å². The van der Waals surface area contributed by atoms with Crippen LogP contribution in [0, 0.1) is 16.0 Å². The van der Waals surface area contributed by atoms with Gasteiger partial charge in [-0.2, -0.15) is 0 Å². The quantitative estimate of drug-likeness (QED) is 0.641. The molecular formula is C15H23N3O2. The van der Waals surface area contributed by atoms with Crippen LogP contribution in [0.2, 0.25) is 0 Å². The number of nitro benzene ring substituents is 1. The zero-order valence-electron chi connectivity index (χ0n) is 12.2. The van der Waals surface area contributed by atoms with E-state index >= 15 is 0 Å². The largest absolute Gasteiger partial charge is 0.319 e. The van der Waals surface area contributed by atoms with Crippen LogP contribution in [0.1, 0.15) is 31.4 Å². The van der Waals surface area contributed by atoms with E-state index in [0.717, 1.165) is 38.0 Å². The van der Waals surface area contributed by atoms with Crippen molar-refractivity contribution in [3.8, 4) is 0 Å². The number of likely N-dealkylation sites (tertiary alicyclic amines) is 1. The highest BCUT2D eigenvalue weighted by Crippen LogP contribution is 2.37. The Balaban J connectivity index is 2.28. The Kier molecular flexibility index (Phi) is 5.09. The van der Waals surface area contributed by atoms with Crippen LogP contribution in [0.4, 0.5) is 5.69 Å². The second kappa shape index (κ2) is 6.81. The molecule has 1 fully saturated rings. The lowest BCUT2D eigenvalue weighted by molar-refractivity contribution is -0.385. The summed E-state index contributed by atoms with van der Waals surface area (Å²) >= 11 is 0. The Morgan fingerprint density at radius 2 is 2.30 bits per heavy atom. The number of rotatable bonds is 6. The van der Waals surface area contributed by atoms with Crippen molar-refractivity contribution in [1.82, 2.24) is 10.2 Å². The van der Waals surface area contributed by atoms with Crippen molar-refractivity contribution in [2.24, 2.45) is 5.92 Å². The van der Waals surface area contributed by atoms with Crippen molar-refractivity contribution in [2.75, 3.05) is 26.7 Å². The molecule has 0 aliphatic carbocycles. The smallest absolute Gasteiger partial charge is 0.269 e. The van der Waals surface area contributed by atoms with Gasteiger partial charge in [-0.3, -0.25) is 15.0 Å². The van der Waals surface area contributed by atoms with Gasteiger partial charge in [0.15, 0.2) is 0 Å². The van der Waals surface area contributed by atoms with Crippen molar-refractivity contribution >= 4 is 5.69 Å². The summed E-state index contributed by atoms with van der Waals surface area (Å²) in [4.78, 5) is 13.1. The van der Waals surface area contributed by atoms with Crippen molar-refractivity contribution in [3.05, 3.63) is 39.9 Å². The van der Waals surface area contributed by atoms with Gasteiger partial charge >= 0.3 is 0 Å². The van der Waals surface area contributed by atoms with Gasteiger partial charge in [0.1, 0.15) is 0 Å². The van der Waals surface area contributed by atoms with Crippen molar-refractivity contribution in [1.29, 1.82) is 0 Å². The number of hydrogen-bond donors (Lipinski definition) is 1. The molecule has 20 heavy (non-hydrogen) atoms. The van der Waals surface area contributed by atoms with Gasteiger partial charge in [-0.15, -0.1) is 0 Å². The second-order valence-electron chi connectivity index (χ2n) is 5.44. The molecule has 1 aliphatic rings. The molecule has 0 amide bonds. The highest BCUT2D eigenvalue weighted by Gasteiger charge is 2.34. The summed E-state index contributed by atoms with van der Waals surface area (Å²) in [7, 11) is 1.97. The lowest BCUT2D eigenvalue weighted by Crippen LogP contribution is -2.29. The SMILES string of the molecule is CCCN1CCC(CNC)C1c1cccc([N+](=O)[O-])c1. The molecule has 5 nitrogen and oxygen atoms in total. The van der Waals surface area contributed by atoms with Crippen molar-refractivity contribution < 1.29 is 4.92 Å². The first-order valence-corrected chi connectivity index (χ1v) is 7.30. The van der Waals surface area contributed by atoms with Gasteiger partial charge in [0.25, 0.3) is 5.69 Å². The maximum Gasteiger partial charge on any atom is 0.269 e. The molecule has 1 saturated heterocycles. The maximum absolute atomic E-state index is 11.0. The van der Waals surface area contributed by atoms with Gasteiger partial charge < -0.3 is 5.32 Å². The molecule has 1 aromatic rings. The van der Waals surface area contributed by atoms with Crippen molar-refractivity contribution in [3.63, 3.8) is 0 Å². The maximum atomic E-state index is 11.0. The normalized spacial score (nSPS) is 23.1. The minimum Gasteiger partial charge on any atom is -0.319 e. The van der Waals surface area contributed by atoms with E-state index in [1.807, 2.05) is 13.1 Å². The first-order chi connectivity index (χ1) is 9.67. The Bertz CT molecular complexity index is 450. The summed E-state index contributed by atoms with van der Waals surface area (Å²) in [6.45, 7) is 5.25. The Morgan fingerprint density at radius 1 is 1.50 bits per heavy atom. The first-order valence-electron chi connectivity index (χ1n) is 7.30. The molecule has 0 spiro atoms. The minimum atomic E-state index is -0.310. The third-order valence-electron chi connectivity index (χ3n) is 4.03. The van der Waals surface area contributed by atoms with Gasteiger partial charge in [-0.1, -0.05) is 19.1 Å². The van der Waals surface area contributed by atoms with Gasteiger partial charge in [0.05, 0.1) is 4.92 Å². The minimum absolute atomic E-state index is 0.189. The van der Waals surface area contributed by atoms with Crippen LogP contribution >= 0.6 is 0 Å². The lowest BCUT2D eigenvalue weighted by Gasteiger charge is -2.28. The zero-order valence-corrected chi connectivity index (χ0v) is 12.2. The highest BCUT2D eigenvalue weighted by atomic mass is 16.6. The third-order valence-corrected chi connectivity index (χ3v) is 4.03. The molecule has 2 rings (SSSR count). The molecule has 1 heterocycles. The Hall–Kier alpha value is -1.46. The van der Waals surface area contributed by atoms with E-state index < -0.39 is 0 Å². The summed E-state index contributed by atoms with van der Waals surface area (Å²) in [5.41, 5.74) is 1.26. The molecule has 1 aliphatic heterocycles. The molecule has 5 heteroatoms. The number of non-ortho nitro benzene ring substituents is 1. The van der Waals surface area contributed by atoms with E-state index in [-0.39, 0.29) is 10.6 Å². The van der Waals surface area contributed by atoms with E-state index in [2.05, 4.69) is 17.1 Å². The van der Waals surface area contributed by atoms with Gasteiger partial charge in [0.2, 0.25) is 0 Å².